The number of carboxylic acids is 1. The molecule has 15 heavy (non-hydrogen) atoms. The lowest BCUT2D eigenvalue weighted by molar-refractivity contribution is -0.131. The van der Waals surface area contributed by atoms with E-state index in [1.54, 1.807) is 24.3 Å². The Labute approximate surface area is 96.9 Å². The molecule has 0 spiro atoms. The molecular weight excluding hydrogens is 239 g/mol. The molecule has 0 atom stereocenters. The maximum Gasteiger partial charge on any atom is 0.348 e. The van der Waals surface area contributed by atoms with Crippen molar-refractivity contribution in [3.8, 4) is 5.75 Å². The van der Waals surface area contributed by atoms with Crippen LogP contribution in [0.2, 0.25) is 0 Å². The molecule has 0 saturated heterocycles. The molecule has 0 aliphatic rings. The Balaban J connectivity index is 3.07. The van der Waals surface area contributed by atoms with Crippen molar-refractivity contribution in [1.82, 2.24) is 0 Å². The Kier molecular flexibility index (Phi) is 4.00. The van der Waals surface area contributed by atoms with Gasteiger partial charge in [-0.25, -0.2) is 4.79 Å². The van der Waals surface area contributed by atoms with E-state index >= 15 is 0 Å². The molecule has 0 aliphatic carbocycles. The Morgan fingerprint density at radius 3 is 2.20 bits per heavy atom. The van der Waals surface area contributed by atoms with Crippen molar-refractivity contribution in [3.63, 3.8) is 0 Å². The van der Waals surface area contributed by atoms with E-state index in [1.807, 2.05) is 0 Å². The van der Waals surface area contributed by atoms with Gasteiger partial charge in [-0.15, -0.1) is 0 Å². The normalized spacial score (nSPS) is 11.9. The lowest BCUT2D eigenvalue weighted by atomic mass is 10.2. The van der Waals surface area contributed by atoms with Crippen LogP contribution in [0.1, 0.15) is 5.56 Å². The molecule has 0 aliphatic heterocycles. The van der Waals surface area contributed by atoms with E-state index in [1.165, 1.54) is 7.11 Å². The Bertz CT molecular complexity index is 396. The molecule has 0 heterocycles. The van der Waals surface area contributed by atoms with Crippen molar-refractivity contribution < 1.29 is 14.6 Å². The molecule has 0 fully saturated rings. The standard InChI is InChI=1S/C10H8Cl2O3/c1-15-7-4-2-6(3-5-7)8(11)9(12)10(13)14/h2-5H,1H3,(H,13,14). The highest BCUT2D eigenvalue weighted by molar-refractivity contribution is 6.59. The highest BCUT2D eigenvalue weighted by atomic mass is 35.5. The number of rotatable bonds is 3. The highest BCUT2D eigenvalue weighted by Gasteiger charge is 2.11. The smallest absolute Gasteiger partial charge is 0.348 e. The summed E-state index contributed by atoms with van der Waals surface area (Å²) in [7, 11) is 1.54. The molecule has 1 rings (SSSR count). The summed E-state index contributed by atoms with van der Waals surface area (Å²) in [5, 5.41) is 8.22. The lowest BCUT2D eigenvalue weighted by Gasteiger charge is -2.02. The van der Waals surface area contributed by atoms with E-state index in [2.05, 4.69) is 0 Å². The first-order valence-corrected chi connectivity index (χ1v) is 4.75. The first-order chi connectivity index (χ1) is 7.06. The van der Waals surface area contributed by atoms with Crippen LogP contribution in [0.25, 0.3) is 5.03 Å². The van der Waals surface area contributed by atoms with Crippen LogP contribution in [-0.2, 0) is 4.79 Å². The predicted molar refractivity (Wildman–Crippen MR) is 59.3 cm³/mol. The van der Waals surface area contributed by atoms with Gasteiger partial charge in [0.25, 0.3) is 0 Å². The first kappa shape index (κ1) is 11.9. The van der Waals surface area contributed by atoms with Crippen molar-refractivity contribution in [1.29, 1.82) is 0 Å². The summed E-state index contributed by atoms with van der Waals surface area (Å²) in [6, 6.07) is 6.60. The van der Waals surface area contributed by atoms with Crippen LogP contribution in [0.5, 0.6) is 5.75 Å². The van der Waals surface area contributed by atoms with E-state index in [0.717, 1.165) is 0 Å². The van der Waals surface area contributed by atoms with Crippen molar-refractivity contribution in [2.45, 2.75) is 0 Å². The maximum absolute atomic E-state index is 10.5. The molecule has 0 saturated carbocycles. The van der Waals surface area contributed by atoms with Crippen LogP contribution in [0.4, 0.5) is 0 Å². The second kappa shape index (κ2) is 5.05. The van der Waals surface area contributed by atoms with E-state index in [0.29, 0.717) is 11.3 Å². The zero-order valence-corrected chi connectivity index (χ0v) is 9.34. The van der Waals surface area contributed by atoms with Gasteiger partial charge in [-0.05, 0) is 29.8 Å². The molecular formula is C10H8Cl2O3. The van der Waals surface area contributed by atoms with Gasteiger partial charge >= 0.3 is 5.97 Å². The highest BCUT2D eigenvalue weighted by Crippen LogP contribution is 2.26. The van der Waals surface area contributed by atoms with Gasteiger partial charge in [-0.2, -0.15) is 0 Å². The van der Waals surface area contributed by atoms with Crippen LogP contribution in [0.15, 0.2) is 29.3 Å². The molecule has 0 radical (unpaired) electrons. The Hall–Kier alpha value is -1.19. The second-order valence-electron chi connectivity index (χ2n) is 2.66. The van der Waals surface area contributed by atoms with Gasteiger partial charge in [0.1, 0.15) is 10.8 Å². The molecule has 0 amide bonds. The molecule has 0 aromatic heterocycles. The zero-order chi connectivity index (χ0) is 11.4. The van der Waals surface area contributed by atoms with Gasteiger partial charge in [-0.3, -0.25) is 0 Å². The number of benzene rings is 1. The maximum atomic E-state index is 10.5. The quantitative estimate of drug-likeness (QED) is 0.835. The van der Waals surface area contributed by atoms with Gasteiger partial charge in [0, 0.05) is 0 Å². The van der Waals surface area contributed by atoms with E-state index in [9.17, 15) is 4.79 Å². The number of hydrogen-bond donors (Lipinski definition) is 1. The minimum atomic E-state index is -1.25. The topological polar surface area (TPSA) is 46.5 Å². The third-order valence-electron chi connectivity index (χ3n) is 1.72. The summed E-state index contributed by atoms with van der Waals surface area (Å²) in [5.41, 5.74) is 0.532. The second-order valence-corrected chi connectivity index (χ2v) is 3.42. The average molecular weight is 247 g/mol. The van der Waals surface area contributed by atoms with Crippen molar-refractivity contribution in [2.24, 2.45) is 0 Å². The van der Waals surface area contributed by atoms with Crippen LogP contribution < -0.4 is 4.74 Å². The molecule has 1 N–H and O–H groups in total. The van der Waals surface area contributed by atoms with E-state index in [-0.39, 0.29) is 5.03 Å². The average Bonchev–Trinajstić information content (AvgIpc) is 2.27. The first-order valence-electron chi connectivity index (χ1n) is 3.99. The predicted octanol–water partition coefficient (Wildman–Crippen LogP) is 2.93. The van der Waals surface area contributed by atoms with Gasteiger partial charge in [0.15, 0.2) is 0 Å². The fourth-order valence-corrected chi connectivity index (χ4v) is 1.27. The van der Waals surface area contributed by atoms with Crippen LogP contribution in [-0.4, -0.2) is 18.2 Å². The summed E-state index contributed by atoms with van der Waals surface area (Å²) in [6.07, 6.45) is 0. The SMILES string of the molecule is COc1ccc(C(Cl)=C(Cl)C(=O)O)cc1. The minimum absolute atomic E-state index is 0.00631. The fraction of sp³-hybridized carbons (Fsp3) is 0.100. The fourth-order valence-electron chi connectivity index (χ4n) is 0.958. The number of carboxylic acid groups (broad SMARTS) is 1. The van der Waals surface area contributed by atoms with Gasteiger partial charge < -0.3 is 9.84 Å². The molecule has 3 nitrogen and oxygen atoms in total. The summed E-state index contributed by atoms with van der Waals surface area (Å²) in [4.78, 5) is 10.5. The number of halogens is 2. The molecule has 1 aromatic carbocycles. The van der Waals surface area contributed by atoms with Crippen LogP contribution in [0, 0.1) is 0 Å². The largest absolute Gasteiger partial charge is 0.497 e. The van der Waals surface area contributed by atoms with Gasteiger partial charge in [-0.1, -0.05) is 23.2 Å². The van der Waals surface area contributed by atoms with Gasteiger partial charge in [0.05, 0.1) is 12.1 Å². The molecule has 1 aromatic rings. The number of carbonyl (C=O) groups is 1. The van der Waals surface area contributed by atoms with Crippen LogP contribution >= 0.6 is 23.2 Å². The number of hydrogen-bond acceptors (Lipinski definition) is 2. The van der Waals surface area contributed by atoms with E-state index < -0.39 is 11.0 Å². The van der Waals surface area contributed by atoms with Crippen molar-refractivity contribution in [2.75, 3.05) is 7.11 Å². The summed E-state index contributed by atoms with van der Waals surface area (Å²) in [5.74, 6) is -0.591. The number of methoxy groups -OCH3 is 1. The summed E-state index contributed by atoms with van der Waals surface area (Å²) >= 11 is 11.3. The van der Waals surface area contributed by atoms with Gasteiger partial charge in [0.2, 0.25) is 0 Å². The molecule has 0 bridgehead atoms. The Morgan fingerprint density at radius 2 is 1.80 bits per heavy atom. The van der Waals surface area contributed by atoms with E-state index in [4.69, 9.17) is 33.0 Å². The molecule has 80 valence electrons. The zero-order valence-electron chi connectivity index (χ0n) is 7.83. The number of aliphatic carboxylic acids is 1. The molecule has 0 unspecified atom stereocenters. The third-order valence-corrected chi connectivity index (χ3v) is 2.58. The monoisotopic (exact) mass is 246 g/mol. The summed E-state index contributed by atoms with van der Waals surface area (Å²) < 4.78 is 4.95. The van der Waals surface area contributed by atoms with Crippen molar-refractivity contribution >= 4 is 34.2 Å². The number of ether oxygens (including phenoxy) is 1. The minimum Gasteiger partial charge on any atom is -0.497 e. The van der Waals surface area contributed by atoms with Crippen LogP contribution in [0.3, 0.4) is 0 Å². The third kappa shape index (κ3) is 2.88. The summed E-state index contributed by atoms with van der Waals surface area (Å²) in [6.45, 7) is 0. The molecule has 5 heteroatoms. The van der Waals surface area contributed by atoms with Crippen molar-refractivity contribution in [3.05, 3.63) is 34.9 Å². The Morgan fingerprint density at radius 1 is 1.27 bits per heavy atom. The lowest BCUT2D eigenvalue weighted by Crippen LogP contribution is -1.95.